The van der Waals surface area contributed by atoms with Crippen LogP contribution in [-0.4, -0.2) is 0 Å². The molecule has 0 nitrogen and oxygen atoms in total. The number of aryl methyl sites for hydroxylation is 1. The van der Waals surface area contributed by atoms with E-state index >= 15 is 0 Å². The molecule has 0 saturated carbocycles. The van der Waals surface area contributed by atoms with Gasteiger partial charge in [-0.1, -0.05) is 78.4 Å². The number of fused-ring (bicyclic) bond motifs is 3. The third-order valence-corrected chi connectivity index (χ3v) is 4.55. The maximum absolute atomic E-state index is 2.29. The third-order valence-electron chi connectivity index (χ3n) is 4.55. The van der Waals surface area contributed by atoms with Crippen LogP contribution >= 0.6 is 0 Å². The van der Waals surface area contributed by atoms with E-state index < -0.39 is 0 Å². The van der Waals surface area contributed by atoms with Crippen molar-refractivity contribution < 1.29 is 0 Å². The Kier molecular flexibility index (Phi) is 2.89. The highest BCUT2D eigenvalue weighted by molar-refractivity contribution is 5.75. The Bertz CT molecular complexity index is 781. The van der Waals surface area contributed by atoms with E-state index in [1.165, 1.54) is 33.4 Å². The molecule has 3 aromatic carbocycles. The molecular formula is C21H18. The zero-order chi connectivity index (χ0) is 14.2. The summed E-state index contributed by atoms with van der Waals surface area (Å²) in [5.41, 5.74) is 8.45. The summed E-state index contributed by atoms with van der Waals surface area (Å²) in [7, 11) is 0. The van der Waals surface area contributed by atoms with Crippen molar-refractivity contribution in [1.82, 2.24) is 0 Å². The fourth-order valence-electron chi connectivity index (χ4n) is 3.43. The molecule has 0 amide bonds. The minimum absolute atomic E-state index is 0.469. The lowest BCUT2D eigenvalue weighted by Crippen LogP contribution is -2.12. The van der Waals surface area contributed by atoms with Crippen LogP contribution in [0.15, 0.2) is 72.8 Å². The van der Waals surface area contributed by atoms with Crippen LogP contribution in [0.25, 0.3) is 11.1 Å². The average molecular weight is 270 g/mol. The maximum Gasteiger partial charge on any atom is 0.0136 e. The summed E-state index contributed by atoms with van der Waals surface area (Å²) in [5, 5.41) is 0. The number of hydrogen-bond acceptors (Lipinski definition) is 0. The Balaban J connectivity index is 1.90. The smallest absolute Gasteiger partial charge is 0.0136 e. The molecule has 0 aliphatic heterocycles. The van der Waals surface area contributed by atoms with Crippen molar-refractivity contribution in [3.05, 3.63) is 95.1 Å². The van der Waals surface area contributed by atoms with Gasteiger partial charge >= 0.3 is 0 Å². The summed E-state index contributed by atoms with van der Waals surface area (Å²) in [6.45, 7) is 2.15. The zero-order valence-corrected chi connectivity index (χ0v) is 12.2. The van der Waals surface area contributed by atoms with Gasteiger partial charge in [0.2, 0.25) is 0 Å². The topological polar surface area (TPSA) is 0 Å². The molecule has 0 bridgehead atoms. The summed E-state index contributed by atoms with van der Waals surface area (Å²) < 4.78 is 0. The van der Waals surface area contributed by atoms with E-state index in [-0.39, 0.29) is 0 Å². The maximum atomic E-state index is 2.29. The van der Waals surface area contributed by atoms with Crippen LogP contribution in [-0.2, 0) is 6.42 Å². The summed E-state index contributed by atoms with van der Waals surface area (Å²) in [6.07, 6.45) is 1.09. The lowest BCUT2D eigenvalue weighted by molar-refractivity contribution is 0.793. The van der Waals surface area contributed by atoms with E-state index in [9.17, 15) is 0 Å². The quantitative estimate of drug-likeness (QED) is 0.559. The fourth-order valence-corrected chi connectivity index (χ4v) is 3.43. The largest absolute Gasteiger partial charge is 0.0620 e. The molecule has 4 rings (SSSR count). The molecule has 21 heavy (non-hydrogen) atoms. The van der Waals surface area contributed by atoms with Gasteiger partial charge in [0.1, 0.15) is 0 Å². The van der Waals surface area contributed by atoms with Crippen LogP contribution in [0.4, 0.5) is 0 Å². The monoisotopic (exact) mass is 270 g/mol. The summed E-state index contributed by atoms with van der Waals surface area (Å²) in [5.74, 6) is 0.469. The van der Waals surface area contributed by atoms with Crippen molar-refractivity contribution >= 4 is 0 Å². The predicted octanol–water partition coefficient (Wildman–Crippen LogP) is 5.35. The van der Waals surface area contributed by atoms with E-state index in [0.717, 1.165) is 6.42 Å². The Morgan fingerprint density at radius 3 is 2.19 bits per heavy atom. The van der Waals surface area contributed by atoms with Gasteiger partial charge in [-0.3, -0.25) is 0 Å². The van der Waals surface area contributed by atoms with Gasteiger partial charge in [0, 0.05) is 5.92 Å². The minimum atomic E-state index is 0.469. The molecule has 0 aromatic heterocycles. The second kappa shape index (κ2) is 4.89. The normalized spacial score (nSPS) is 16.1. The molecule has 1 atom stereocenters. The molecule has 0 radical (unpaired) electrons. The van der Waals surface area contributed by atoms with E-state index in [1.807, 2.05) is 0 Å². The molecule has 102 valence electrons. The van der Waals surface area contributed by atoms with Crippen molar-refractivity contribution in [2.24, 2.45) is 0 Å². The first-order valence-electron chi connectivity index (χ1n) is 7.57. The second-order valence-corrected chi connectivity index (χ2v) is 5.91. The third kappa shape index (κ3) is 2.08. The Labute approximate surface area is 126 Å². The molecule has 0 saturated heterocycles. The first-order valence-corrected chi connectivity index (χ1v) is 7.57. The van der Waals surface area contributed by atoms with Crippen molar-refractivity contribution in [3.8, 4) is 11.1 Å². The lowest BCUT2D eigenvalue weighted by Gasteiger charge is -2.28. The van der Waals surface area contributed by atoms with Gasteiger partial charge in [-0.2, -0.15) is 0 Å². The van der Waals surface area contributed by atoms with Crippen molar-refractivity contribution in [1.29, 1.82) is 0 Å². The zero-order valence-electron chi connectivity index (χ0n) is 12.2. The molecule has 0 unspecified atom stereocenters. The van der Waals surface area contributed by atoms with Gasteiger partial charge < -0.3 is 0 Å². The van der Waals surface area contributed by atoms with E-state index in [1.54, 1.807) is 0 Å². The van der Waals surface area contributed by atoms with E-state index in [2.05, 4.69) is 79.7 Å². The highest BCUT2D eigenvalue weighted by Gasteiger charge is 2.24. The van der Waals surface area contributed by atoms with Gasteiger partial charge in [-0.05, 0) is 41.2 Å². The molecule has 0 spiro atoms. The lowest BCUT2D eigenvalue weighted by atomic mass is 9.76. The van der Waals surface area contributed by atoms with Gasteiger partial charge in [0.15, 0.2) is 0 Å². The summed E-state index contributed by atoms with van der Waals surface area (Å²) in [4.78, 5) is 0. The molecule has 0 heteroatoms. The molecule has 0 heterocycles. The van der Waals surface area contributed by atoms with Crippen molar-refractivity contribution in [2.75, 3.05) is 0 Å². The Hall–Kier alpha value is -2.34. The molecule has 3 aromatic rings. The second-order valence-electron chi connectivity index (χ2n) is 5.91. The van der Waals surface area contributed by atoms with Crippen LogP contribution in [0.5, 0.6) is 0 Å². The molecular weight excluding hydrogens is 252 g/mol. The molecule has 1 aliphatic carbocycles. The van der Waals surface area contributed by atoms with Crippen molar-refractivity contribution in [3.63, 3.8) is 0 Å². The Morgan fingerprint density at radius 2 is 1.38 bits per heavy atom. The molecule has 1 aliphatic rings. The average Bonchev–Trinajstić information content (AvgIpc) is 2.55. The van der Waals surface area contributed by atoms with Gasteiger partial charge in [-0.15, -0.1) is 0 Å². The van der Waals surface area contributed by atoms with E-state index in [4.69, 9.17) is 0 Å². The minimum Gasteiger partial charge on any atom is -0.0620 e. The number of hydrogen-bond donors (Lipinski definition) is 0. The first kappa shape index (κ1) is 12.4. The highest BCUT2D eigenvalue weighted by Crippen LogP contribution is 2.42. The van der Waals surface area contributed by atoms with Crippen LogP contribution in [0.3, 0.4) is 0 Å². The van der Waals surface area contributed by atoms with Crippen LogP contribution in [0, 0.1) is 6.92 Å². The number of benzene rings is 3. The Morgan fingerprint density at radius 1 is 0.714 bits per heavy atom. The standard InChI is InChI=1S/C21H18/c1-15-10-12-16(13-11-15)21-14-17-6-2-3-7-18(17)19-8-4-5-9-20(19)21/h2-13,21H,14H2,1H3/t21-/m1/s1. The van der Waals surface area contributed by atoms with Crippen LogP contribution in [0.2, 0.25) is 0 Å². The van der Waals surface area contributed by atoms with Gasteiger partial charge in [0.05, 0.1) is 0 Å². The van der Waals surface area contributed by atoms with Crippen LogP contribution in [0.1, 0.15) is 28.2 Å². The fraction of sp³-hybridized carbons (Fsp3) is 0.143. The van der Waals surface area contributed by atoms with E-state index in [0.29, 0.717) is 5.92 Å². The molecule has 0 N–H and O–H groups in total. The summed E-state index contributed by atoms with van der Waals surface area (Å²) in [6, 6.07) is 26.7. The predicted molar refractivity (Wildman–Crippen MR) is 88.6 cm³/mol. The van der Waals surface area contributed by atoms with Crippen LogP contribution < -0.4 is 0 Å². The van der Waals surface area contributed by atoms with Gasteiger partial charge in [0.25, 0.3) is 0 Å². The SMILES string of the molecule is Cc1ccc([C@H]2Cc3ccccc3-c3ccccc32)cc1. The summed E-state index contributed by atoms with van der Waals surface area (Å²) >= 11 is 0. The molecule has 0 fully saturated rings. The number of rotatable bonds is 1. The van der Waals surface area contributed by atoms with Crippen molar-refractivity contribution in [2.45, 2.75) is 19.3 Å². The highest BCUT2D eigenvalue weighted by atomic mass is 14.3. The van der Waals surface area contributed by atoms with Gasteiger partial charge in [-0.25, -0.2) is 0 Å². The first-order chi connectivity index (χ1) is 10.3.